The molecule has 3 heteroatoms. The van der Waals surface area contributed by atoms with Crippen molar-refractivity contribution >= 4 is 0 Å². The maximum atomic E-state index is 9.70. The highest BCUT2D eigenvalue weighted by atomic mass is 16.3. The summed E-state index contributed by atoms with van der Waals surface area (Å²) in [7, 11) is 0. The Morgan fingerprint density at radius 3 is 2.08 bits per heavy atom. The molecule has 0 amide bonds. The summed E-state index contributed by atoms with van der Waals surface area (Å²) in [6.45, 7) is 8.12. The second-order valence-electron chi connectivity index (χ2n) is 7.45. The molecule has 0 aromatic heterocycles. The largest absolute Gasteiger partial charge is 0.396 e. The van der Waals surface area contributed by atoms with E-state index in [1.54, 1.807) is 13.8 Å². The van der Waals surface area contributed by atoms with Crippen LogP contribution in [0, 0.1) is 17.8 Å². The average molecular weight is 351 g/mol. The summed E-state index contributed by atoms with van der Waals surface area (Å²) in [5, 5.41) is 19.1. The van der Waals surface area contributed by atoms with Gasteiger partial charge in [-0.15, -0.1) is 0 Å². The highest BCUT2D eigenvalue weighted by molar-refractivity contribution is 5.37. The molecule has 2 rings (SSSR count). The molecule has 2 N–H and O–H groups in total. The third kappa shape index (κ3) is 7.41. The highest BCUT2D eigenvalue weighted by Crippen LogP contribution is 2.13. The molecule has 2 aromatic carbocycles. The van der Waals surface area contributed by atoms with Crippen molar-refractivity contribution in [1.82, 2.24) is 4.90 Å². The lowest BCUT2D eigenvalue weighted by molar-refractivity contribution is 0.143. The minimum absolute atomic E-state index is 0.191. The number of hydrogen-bond donors (Lipinski definition) is 2. The second-order valence-corrected chi connectivity index (χ2v) is 7.45. The van der Waals surface area contributed by atoms with Crippen LogP contribution in [-0.4, -0.2) is 33.9 Å². The van der Waals surface area contributed by atoms with Crippen molar-refractivity contribution in [2.75, 3.05) is 13.2 Å². The molecule has 0 aliphatic rings. The van der Waals surface area contributed by atoms with Crippen molar-refractivity contribution in [2.24, 2.45) is 5.92 Å². The quantitative estimate of drug-likeness (QED) is 0.751. The molecule has 0 aliphatic carbocycles. The van der Waals surface area contributed by atoms with E-state index in [1.807, 2.05) is 18.2 Å². The lowest BCUT2D eigenvalue weighted by Crippen LogP contribution is -2.29. The zero-order valence-electron chi connectivity index (χ0n) is 15.9. The van der Waals surface area contributed by atoms with Crippen LogP contribution in [0.15, 0.2) is 54.6 Å². The van der Waals surface area contributed by atoms with Gasteiger partial charge in [0.25, 0.3) is 0 Å². The van der Waals surface area contributed by atoms with Gasteiger partial charge in [-0.3, -0.25) is 4.90 Å². The molecule has 26 heavy (non-hydrogen) atoms. The predicted molar refractivity (Wildman–Crippen MR) is 106 cm³/mol. The zero-order chi connectivity index (χ0) is 19.0. The Hall–Kier alpha value is -2.12. The minimum atomic E-state index is -0.981. The van der Waals surface area contributed by atoms with Crippen molar-refractivity contribution in [1.29, 1.82) is 0 Å². The van der Waals surface area contributed by atoms with Crippen molar-refractivity contribution in [3.8, 4) is 11.8 Å². The lowest BCUT2D eigenvalue weighted by Gasteiger charge is -2.25. The Kier molecular flexibility index (Phi) is 7.41. The summed E-state index contributed by atoms with van der Waals surface area (Å²) in [6, 6.07) is 18.5. The van der Waals surface area contributed by atoms with E-state index in [9.17, 15) is 10.2 Å². The van der Waals surface area contributed by atoms with E-state index >= 15 is 0 Å². The first-order valence-electron chi connectivity index (χ1n) is 9.07. The molecule has 0 saturated heterocycles. The Labute approximate surface area is 157 Å². The zero-order valence-corrected chi connectivity index (χ0v) is 15.9. The smallest absolute Gasteiger partial charge is 0.120 e. The average Bonchev–Trinajstić information content (AvgIpc) is 2.61. The SMILES string of the molecule is CC(CO)CN(Cc1ccccc1)Cc1ccc(C#CC(C)(C)O)cc1. The first-order valence-corrected chi connectivity index (χ1v) is 9.07. The lowest BCUT2D eigenvalue weighted by atomic mass is 10.1. The van der Waals surface area contributed by atoms with E-state index in [0.29, 0.717) is 0 Å². The third-order valence-electron chi connectivity index (χ3n) is 4.00. The Bertz CT molecular complexity index is 721. The molecule has 0 fully saturated rings. The number of nitrogens with zero attached hydrogens (tertiary/aromatic N) is 1. The van der Waals surface area contributed by atoms with Crippen LogP contribution >= 0.6 is 0 Å². The van der Waals surface area contributed by atoms with Gasteiger partial charge in [0, 0.05) is 31.8 Å². The molecule has 3 nitrogen and oxygen atoms in total. The van der Waals surface area contributed by atoms with Crippen LogP contribution in [0.25, 0.3) is 0 Å². The molecule has 1 unspecified atom stereocenters. The van der Waals surface area contributed by atoms with Crippen LogP contribution in [0.2, 0.25) is 0 Å². The Morgan fingerprint density at radius 1 is 0.962 bits per heavy atom. The molecular weight excluding hydrogens is 322 g/mol. The summed E-state index contributed by atoms with van der Waals surface area (Å²) in [5.41, 5.74) is 2.39. The van der Waals surface area contributed by atoms with Gasteiger partial charge in [0.2, 0.25) is 0 Å². The first-order chi connectivity index (χ1) is 12.4. The van der Waals surface area contributed by atoms with E-state index in [1.165, 1.54) is 11.1 Å². The molecular formula is C23H29NO2. The van der Waals surface area contributed by atoms with Crippen molar-refractivity contribution in [3.63, 3.8) is 0 Å². The number of benzene rings is 2. The van der Waals surface area contributed by atoms with Crippen LogP contribution in [-0.2, 0) is 13.1 Å². The van der Waals surface area contributed by atoms with Crippen LogP contribution in [0.3, 0.4) is 0 Å². The number of hydrogen-bond acceptors (Lipinski definition) is 3. The van der Waals surface area contributed by atoms with Gasteiger partial charge in [0.05, 0.1) is 0 Å². The predicted octanol–water partition coefficient (Wildman–Crippen LogP) is 3.44. The van der Waals surface area contributed by atoms with Crippen LogP contribution < -0.4 is 0 Å². The summed E-state index contributed by atoms with van der Waals surface area (Å²) in [5.74, 6) is 6.06. The van der Waals surface area contributed by atoms with Gasteiger partial charge in [-0.1, -0.05) is 61.2 Å². The van der Waals surface area contributed by atoms with Crippen LogP contribution in [0.4, 0.5) is 0 Å². The standard InChI is InChI=1S/C23H29NO2/c1-19(18-25)15-24(16-21-7-5-4-6-8-21)17-22-11-9-20(10-12-22)13-14-23(2,3)26/h4-12,19,25-26H,15-18H2,1-3H3. The number of aliphatic hydroxyl groups is 2. The van der Waals surface area contributed by atoms with Crippen LogP contribution in [0.5, 0.6) is 0 Å². The number of aliphatic hydroxyl groups excluding tert-OH is 1. The molecule has 0 heterocycles. The Balaban J connectivity index is 2.07. The van der Waals surface area contributed by atoms with Crippen molar-refractivity contribution < 1.29 is 10.2 Å². The summed E-state index contributed by atoms with van der Waals surface area (Å²) in [4.78, 5) is 2.35. The summed E-state index contributed by atoms with van der Waals surface area (Å²) >= 11 is 0. The molecule has 0 saturated carbocycles. The fourth-order valence-electron chi connectivity index (χ4n) is 2.70. The highest BCUT2D eigenvalue weighted by Gasteiger charge is 2.11. The van der Waals surface area contributed by atoms with Gasteiger partial charge in [-0.25, -0.2) is 0 Å². The molecule has 0 bridgehead atoms. The van der Waals surface area contributed by atoms with Gasteiger partial charge in [0.15, 0.2) is 0 Å². The first kappa shape index (κ1) is 20.2. The van der Waals surface area contributed by atoms with E-state index in [-0.39, 0.29) is 12.5 Å². The maximum Gasteiger partial charge on any atom is 0.120 e. The van der Waals surface area contributed by atoms with Gasteiger partial charge in [0.1, 0.15) is 5.60 Å². The molecule has 0 spiro atoms. The van der Waals surface area contributed by atoms with E-state index in [0.717, 1.165) is 25.2 Å². The second kappa shape index (κ2) is 9.54. The van der Waals surface area contributed by atoms with Gasteiger partial charge in [-0.2, -0.15) is 0 Å². The van der Waals surface area contributed by atoms with E-state index < -0.39 is 5.60 Å². The molecule has 138 valence electrons. The van der Waals surface area contributed by atoms with Crippen molar-refractivity contribution in [3.05, 3.63) is 71.3 Å². The normalized spacial score (nSPS) is 12.5. The maximum absolute atomic E-state index is 9.70. The minimum Gasteiger partial charge on any atom is -0.396 e. The fourth-order valence-corrected chi connectivity index (χ4v) is 2.70. The fraction of sp³-hybridized carbons (Fsp3) is 0.391. The molecule has 2 aromatic rings. The third-order valence-corrected chi connectivity index (χ3v) is 4.00. The van der Waals surface area contributed by atoms with Gasteiger partial charge in [-0.05, 0) is 43.0 Å². The van der Waals surface area contributed by atoms with E-state index in [4.69, 9.17) is 0 Å². The van der Waals surface area contributed by atoms with Crippen LogP contribution in [0.1, 0.15) is 37.5 Å². The summed E-state index contributed by atoms with van der Waals surface area (Å²) < 4.78 is 0. The monoisotopic (exact) mass is 351 g/mol. The Morgan fingerprint density at radius 2 is 1.54 bits per heavy atom. The van der Waals surface area contributed by atoms with Crippen molar-refractivity contribution in [2.45, 2.75) is 39.5 Å². The molecule has 0 aliphatic heterocycles. The topological polar surface area (TPSA) is 43.7 Å². The molecule has 1 atom stereocenters. The summed E-state index contributed by atoms with van der Waals surface area (Å²) in [6.07, 6.45) is 0. The van der Waals surface area contributed by atoms with Gasteiger partial charge >= 0.3 is 0 Å². The van der Waals surface area contributed by atoms with E-state index in [2.05, 4.69) is 60.1 Å². The van der Waals surface area contributed by atoms with Gasteiger partial charge < -0.3 is 10.2 Å². The molecule has 0 radical (unpaired) electrons. The number of rotatable bonds is 7.